The molecule has 3 heteroatoms. The van der Waals surface area contributed by atoms with E-state index in [9.17, 15) is 0 Å². The zero-order valence-electron chi connectivity index (χ0n) is 12.5. The SMILES string of the molecule is Clc1ccc(N=Cc2cccc(OCc3ccccc3)c2)cc1. The Hall–Kier alpha value is -2.58. The van der Waals surface area contributed by atoms with Crippen LogP contribution in [0.25, 0.3) is 0 Å². The molecule has 0 aromatic heterocycles. The Morgan fingerprint density at radius 2 is 1.65 bits per heavy atom. The molecule has 0 spiro atoms. The second-order valence-corrected chi connectivity index (χ2v) is 5.52. The van der Waals surface area contributed by atoms with E-state index in [1.807, 2.05) is 85.1 Å². The van der Waals surface area contributed by atoms with Crippen molar-refractivity contribution in [2.45, 2.75) is 6.61 Å². The number of hydrogen-bond acceptors (Lipinski definition) is 2. The lowest BCUT2D eigenvalue weighted by Crippen LogP contribution is -1.95. The monoisotopic (exact) mass is 321 g/mol. The molecule has 2 nitrogen and oxygen atoms in total. The number of aliphatic imine (C=N–C) groups is 1. The van der Waals surface area contributed by atoms with Crippen LogP contribution < -0.4 is 4.74 Å². The van der Waals surface area contributed by atoms with Gasteiger partial charge in [0.25, 0.3) is 0 Å². The van der Waals surface area contributed by atoms with Crippen LogP contribution in [0.3, 0.4) is 0 Å². The molecule has 3 rings (SSSR count). The Bertz CT molecular complexity index is 782. The van der Waals surface area contributed by atoms with Crippen LogP contribution in [0, 0.1) is 0 Å². The molecular formula is C20H16ClNO. The van der Waals surface area contributed by atoms with Crippen LogP contribution in [0.2, 0.25) is 5.02 Å². The van der Waals surface area contributed by atoms with Gasteiger partial charge in [-0.15, -0.1) is 0 Å². The van der Waals surface area contributed by atoms with E-state index < -0.39 is 0 Å². The van der Waals surface area contributed by atoms with E-state index in [1.54, 1.807) is 0 Å². The van der Waals surface area contributed by atoms with Gasteiger partial charge in [0.05, 0.1) is 5.69 Å². The average Bonchev–Trinajstić information content (AvgIpc) is 2.61. The molecule has 0 bridgehead atoms. The van der Waals surface area contributed by atoms with E-state index >= 15 is 0 Å². The lowest BCUT2D eigenvalue weighted by molar-refractivity contribution is 0.306. The smallest absolute Gasteiger partial charge is 0.120 e. The van der Waals surface area contributed by atoms with Crippen molar-refractivity contribution in [3.05, 3.63) is 95.0 Å². The van der Waals surface area contributed by atoms with Crippen molar-refractivity contribution in [3.63, 3.8) is 0 Å². The summed E-state index contributed by atoms with van der Waals surface area (Å²) in [4.78, 5) is 4.44. The highest BCUT2D eigenvalue weighted by Gasteiger charge is 1.97. The van der Waals surface area contributed by atoms with Gasteiger partial charge >= 0.3 is 0 Å². The van der Waals surface area contributed by atoms with Crippen molar-refractivity contribution < 1.29 is 4.74 Å². The topological polar surface area (TPSA) is 21.6 Å². The maximum absolute atomic E-state index is 5.87. The summed E-state index contributed by atoms with van der Waals surface area (Å²) in [5, 5.41) is 0.709. The van der Waals surface area contributed by atoms with Crippen LogP contribution in [0.1, 0.15) is 11.1 Å². The maximum Gasteiger partial charge on any atom is 0.120 e. The quantitative estimate of drug-likeness (QED) is 0.555. The highest BCUT2D eigenvalue weighted by atomic mass is 35.5. The van der Waals surface area contributed by atoms with Crippen LogP contribution in [-0.4, -0.2) is 6.21 Å². The summed E-state index contributed by atoms with van der Waals surface area (Å²) < 4.78 is 5.82. The number of hydrogen-bond donors (Lipinski definition) is 0. The first-order chi connectivity index (χ1) is 11.3. The first-order valence-electron chi connectivity index (χ1n) is 7.36. The first kappa shape index (κ1) is 15.3. The van der Waals surface area contributed by atoms with Gasteiger partial charge in [0.2, 0.25) is 0 Å². The van der Waals surface area contributed by atoms with E-state index in [0.29, 0.717) is 11.6 Å². The Morgan fingerprint density at radius 1 is 0.870 bits per heavy atom. The van der Waals surface area contributed by atoms with Gasteiger partial charge in [0.15, 0.2) is 0 Å². The van der Waals surface area contributed by atoms with Crippen LogP contribution >= 0.6 is 11.6 Å². The van der Waals surface area contributed by atoms with Crippen molar-refractivity contribution in [1.29, 1.82) is 0 Å². The maximum atomic E-state index is 5.87. The molecule has 0 fully saturated rings. The highest BCUT2D eigenvalue weighted by Crippen LogP contribution is 2.18. The minimum Gasteiger partial charge on any atom is -0.489 e. The summed E-state index contributed by atoms with van der Waals surface area (Å²) in [6.45, 7) is 0.554. The van der Waals surface area contributed by atoms with E-state index in [-0.39, 0.29) is 0 Å². The van der Waals surface area contributed by atoms with E-state index in [4.69, 9.17) is 16.3 Å². The lowest BCUT2D eigenvalue weighted by atomic mass is 10.2. The second kappa shape index (κ2) is 7.61. The largest absolute Gasteiger partial charge is 0.489 e. The predicted octanol–water partition coefficient (Wildman–Crippen LogP) is 5.67. The standard InChI is InChI=1S/C20H16ClNO/c21-18-9-11-19(12-10-18)22-14-17-7-4-8-20(13-17)23-15-16-5-2-1-3-6-16/h1-14H,15H2. The minimum absolute atomic E-state index is 0.554. The van der Waals surface area contributed by atoms with Gasteiger partial charge in [-0.3, -0.25) is 4.99 Å². The van der Waals surface area contributed by atoms with Crippen molar-refractivity contribution >= 4 is 23.5 Å². The van der Waals surface area contributed by atoms with Crippen molar-refractivity contribution in [2.75, 3.05) is 0 Å². The molecule has 0 aliphatic carbocycles. The summed E-state index contributed by atoms with van der Waals surface area (Å²) in [6.07, 6.45) is 1.82. The molecule has 0 unspecified atom stereocenters. The summed E-state index contributed by atoms with van der Waals surface area (Å²) in [7, 11) is 0. The molecule has 0 aliphatic rings. The summed E-state index contributed by atoms with van der Waals surface area (Å²) in [5.74, 6) is 0.828. The number of ether oxygens (including phenoxy) is 1. The predicted molar refractivity (Wildman–Crippen MR) is 95.9 cm³/mol. The van der Waals surface area contributed by atoms with E-state index in [1.165, 1.54) is 0 Å². The molecule has 0 radical (unpaired) electrons. The molecule has 0 N–H and O–H groups in total. The third-order valence-electron chi connectivity index (χ3n) is 3.30. The molecule has 23 heavy (non-hydrogen) atoms. The van der Waals surface area contributed by atoms with Gasteiger partial charge in [-0.25, -0.2) is 0 Å². The molecule has 0 amide bonds. The molecule has 3 aromatic rings. The number of nitrogens with zero attached hydrogens (tertiary/aromatic N) is 1. The zero-order valence-corrected chi connectivity index (χ0v) is 13.3. The summed E-state index contributed by atoms with van der Waals surface area (Å²) >= 11 is 5.87. The Labute approximate surface area is 141 Å². The van der Waals surface area contributed by atoms with Crippen molar-refractivity contribution in [1.82, 2.24) is 0 Å². The summed E-state index contributed by atoms with van der Waals surface area (Å²) in [5.41, 5.74) is 3.00. The van der Waals surface area contributed by atoms with E-state index in [0.717, 1.165) is 22.6 Å². The van der Waals surface area contributed by atoms with Crippen LogP contribution in [0.4, 0.5) is 5.69 Å². The van der Waals surface area contributed by atoms with Gasteiger partial charge in [0.1, 0.15) is 12.4 Å². The third-order valence-corrected chi connectivity index (χ3v) is 3.55. The highest BCUT2D eigenvalue weighted by molar-refractivity contribution is 6.30. The minimum atomic E-state index is 0.554. The fourth-order valence-electron chi connectivity index (χ4n) is 2.10. The van der Waals surface area contributed by atoms with Gasteiger partial charge in [0, 0.05) is 11.2 Å². The number of benzene rings is 3. The third kappa shape index (κ3) is 4.70. The molecule has 0 saturated carbocycles. The second-order valence-electron chi connectivity index (χ2n) is 5.08. The lowest BCUT2D eigenvalue weighted by Gasteiger charge is -2.06. The molecule has 114 valence electrons. The molecule has 3 aromatic carbocycles. The van der Waals surface area contributed by atoms with Crippen LogP contribution in [0.5, 0.6) is 5.75 Å². The Morgan fingerprint density at radius 3 is 2.43 bits per heavy atom. The van der Waals surface area contributed by atoms with Crippen LogP contribution in [0.15, 0.2) is 83.9 Å². The van der Waals surface area contributed by atoms with Gasteiger partial charge < -0.3 is 4.74 Å². The molecular weight excluding hydrogens is 306 g/mol. The number of halogens is 1. The molecule has 0 saturated heterocycles. The fourth-order valence-corrected chi connectivity index (χ4v) is 2.23. The Kier molecular flexibility index (Phi) is 5.07. The van der Waals surface area contributed by atoms with Crippen molar-refractivity contribution in [3.8, 4) is 5.75 Å². The van der Waals surface area contributed by atoms with Crippen molar-refractivity contribution in [2.24, 2.45) is 4.99 Å². The number of rotatable bonds is 5. The first-order valence-corrected chi connectivity index (χ1v) is 7.74. The van der Waals surface area contributed by atoms with Crippen LogP contribution in [-0.2, 0) is 6.61 Å². The van der Waals surface area contributed by atoms with Gasteiger partial charge in [-0.1, -0.05) is 54.1 Å². The molecule has 0 atom stereocenters. The van der Waals surface area contributed by atoms with Gasteiger partial charge in [-0.05, 0) is 47.5 Å². The molecule has 0 heterocycles. The zero-order chi connectivity index (χ0) is 15.9. The fraction of sp³-hybridized carbons (Fsp3) is 0.0500. The Balaban J connectivity index is 1.66. The normalized spacial score (nSPS) is 10.8. The summed E-state index contributed by atoms with van der Waals surface area (Å²) in [6, 6.07) is 25.4. The van der Waals surface area contributed by atoms with E-state index in [2.05, 4.69) is 4.99 Å². The molecule has 0 aliphatic heterocycles. The average molecular weight is 322 g/mol. The van der Waals surface area contributed by atoms with Gasteiger partial charge in [-0.2, -0.15) is 0 Å².